The fourth-order valence-electron chi connectivity index (χ4n) is 2.79. The summed E-state index contributed by atoms with van der Waals surface area (Å²) in [5.74, 6) is 1.90. The van der Waals surface area contributed by atoms with Crippen molar-refractivity contribution in [3.8, 4) is 0 Å². The number of aliphatic hydroxyl groups excluding tert-OH is 2. The molecule has 24 heavy (non-hydrogen) atoms. The van der Waals surface area contributed by atoms with Crippen molar-refractivity contribution in [3.63, 3.8) is 0 Å². The Morgan fingerprint density at radius 3 is 1.67 bits per heavy atom. The number of aliphatic hydroxyl groups is 2. The van der Waals surface area contributed by atoms with Gasteiger partial charge in [-0.05, 0) is 0 Å². The molecule has 0 aromatic heterocycles. The second kappa shape index (κ2) is 12.2. The number of allylic oxidation sites excluding steroid dienone is 6. The van der Waals surface area contributed by atoms with Crippen LogP contribution in [0, 0.1) is 0 Å². The van der Waals surface area contributed by atoms with Crippen LogP contribution >= 0.6 is 24.8 Å². The summed E-state index contributed by atoms with van der Waals surface area (Å²) in [6, 6.07) is 0. The molecule has 0 atom stereocenters. The van der Waals surface area contributed by atoms with Gasteiger partial charge >= 0.3 is 140 Å². The second-order valence-corrected chi connectivity index (χ2v) is 12.7. The first-order valence-corrected chi connectivity index (χ1v) is 11.3. The second-order valence-electron chi connectivity index (χ2n) is 5.42. The van der Waals surface area contributed by atoms with Crippen LogP contribution in [0.15, 0.2) is 42.4 Å². The number of halogens is 2. The molecule has 0 heterocycles. The minimum Gasteiger partial charge on any atom is -0.147 e. The summed E-state index contributed by atoms with van der Waals surface area (Å²) in [6.07, 6.45) is 10.2. The molecule has 7 heteroatoms. The van der Waals surface area contributed by atoms with Crippen LogP contribution in [-0.2, 0) is 30.7 Å². The molecular weight excluding hydrogens is 430 g/mol. The molecule has 0 saturated heterocycles. The Bertz CT molecular complexity index is 529. The molecule has 2 rings (SSSR count). The quantitative estimate of drug-likeness (QED) is 0.590. The molecule has 0 aliphatic heterocycles. The Balaban J connectivity index is 0.00000264. The molecule has 2 aliphatic carbocycles. The largest absolute Gasteiger partial charge is 0.147 e. The standard InChI is InChI=1S/2C7H9O2.C3H6.2ClH.Zr/c2*8-5-6-9-7-3-1-2-4-7;1-3-2;;;/h2*1,3,8H,2,5-6H2;1-2H3;2*1H;. The third-order valence-electron chi connectivity index (χ3n) is 3.58. The number of hydrogen-bond acceptors (Lipinski definition) is 4. The van der Waals surface area contributed by atoms with E-state index in [4.69, 9.17) is 19.7 Å². The summed E-state index contributed by atoms with van der Waals surface area (Å²) in [7, 11) is 0. The molecule has 0 radical (unpaired) electrons. The maximum absolute atomic E-state index is 8.99. The van der Waals surface area contributed by atoms with E-state index in [1.807, 2.05) is 12.2 Å². The van der Waals surface area contributed by atoms with Gasteiger partial charge < -0.3 is 0 Å². The average Bonchev–Trinajstić information content (AvgIpc) is 3.13. The summed E-state index contributed by atoms with van der Waals surface area (Å²) in [5.41, 5.74) is 0. The van der Waals surface area contributed by atoms with Crippen LogP contribution < -0.4 is 0 Å². The van der Waals surface area contributed by atoms with Crippen molar-refractivity contribution in [2.45, 2.75) is 26.7 Å². The van der Waals surface area contributed by atoms with Gasteiger partial charge in [0.15, 0.2) is 0 Å². The van der Waals surface area contributed by atoms with Gasteiger partial charge in [-0.2, -0.15) is 0 Å². The molecule has 2 aliphatic rings. The Morgan fingerprint density at radius 2 is 1.33 bits per heavy atom. The Hall–Kier alpha value is -0.187. The van der Waals surface area contributed by atoms with Gasteiger partial charge in [0.1, 0.15) is 0 Å². The summed E-state index contributed by atoms with van der Waals surface area (Å²) < 4.78 is 15.8. The van der Waals surface area contributed by atoms with E-state index in [0.717, 1.165) is 24.4 Å². The van der Waals surface area contributed by atoms with E-state index in [9.17, 15) is 0 Å². The van der Waals surface area contributed by atoms with Crippen molar-refractivity contribution in [1.82, 2.24) is 0 Å². The van der Waals surface area contributed by atoms with E-state index >= 15 is 0 Å². The SMILES string of the molecule is C[C](C)=[Zr]([C]1=C(OCCO)C=CC1)[C]1=C(OCCO)C=CC1.Cl.Cl. The molecule has 0 aromatic carbocycles. The van der Waals surface area contributed by atoms with Crippen molar-refractivity contribution < 1.29 is 41.0 Å². The predicted octanol–water partition coefficient (Wildman–Crippen LogP) is 3.02. The van der Waals surface area contributed by atoms with Gasteiger partial charge in [0, 0.05) is 0 Å². The summed E-state index contributed by atoms with van der Waals surface area (Å²) in [4.78, 5) is 0. The molecule has 4 nitrogen and oxygen atoms in total. The van der Waals surface area contributed by atoms with Crippen LogP contribution in [0.4, 0.5) is 0 Å². The molecule has 0 amide bonds. The maximum atomic E-state index is 8.99. The van der Waals surface area contributed by atoms with Gasteiger partial charge in [0.25, 0.3) is 0 Å². The van der Waals surface area contributed by atoms with Crippen molar-refractivity contribution in [3.05, 3.63) is 42.4 Å². The minimum absolute atomic E-state index is 0. The zero-order chi connectivity index (χ0) is 15.9. The van der Waals surface area contributed by atoms with Crippen LogP contribution in [0.1, 0.15) is 26.7 Å². The molecule has 0 unspecified atom stereocenters. The van der Waals surface area contributed by atoms with E-state index in [1.54, 1.807) is 0 Å². The Labute approximate surface area is 163 Å². The third kappa shape index (κ3) is 5.96. The van der Waals surface area contributed by atoms with Crippen molar-refractivity contribution in [1.29, 1.82) is 0 Å². The van der Waals surface area contributed by atoms with Crippen LogP contribution in [0.3, 0.4) is 0 Å². The van der Waals surface area contributed by atoms with Crippen molar-refractivity contribution in [2.24, 2.45) is 0 Å². The zero-order valence-corrected chi connectivity index (χ0v) is 18.2. The third-order valence-corrected chi connectivity index (χ3v) is 11.2. The van der Waals surface area contributed by atoms with Gasteiger partial charge in [-0.15, -0.1) is 24.8 Å². The van der Waals surface area contributed by atoms with E-state index in [2.05, 4.69) is 26.0 Å². The van der Waals surface area contributed by atoms with Gasteiger partial charge in [-0.3, -0.25) is 0 Å². The number of ether oxygens (including phenoxy) is 2. The molecule has 136 valence electrons. The monoisotopic (exact) mass is 454 g/mol. The molecule has 0 spiro atoms. The average molecular weight is 457 g/mol. The fraction of sp³-hybridized carbons (Fsp3) is 0.471. The summed E-state index contributed by atoms with van der Waals surface area (Å²) in [6.45, 7) is 5.17. The molecular formula is C17H26Cl2O4Zr. The Morgan fingerprint density at radius 1 is 0.917 bits per heavy atom. The van der Waals surface area contributed by atoms with Gasteiger partial charge in [0.2, 0.25) is 0 Å². The smallest absolute Gasteiger partial charge is 0.147 e. The van der Waals surface area contributed by atoms with E-state index in [0.29, 0.717) is 13.2 Å². The number of hydrogen-bond donors (Lipinski definition) is 2. The Kier molecular flexibility index (Phi) is 12.1. The first-order valence-electron chi connectivity index (χ1n) is 7.64. The van der Waals surface area contributed by atoms with Gasteiger partial charge in [-0.1, -0.05) is 0 Å². The topological polar surface area (TPSA) is 58.9 Å². The predicted molar refractivity (Wildman–Crippen MR) is 98.5 cm³/mol. The van der Waals surface area contributed by atoms with E-state index in [1.165, 1.54) is 9.77 Å². The molecule has 0 bridgehead atoms. The van der Waals surface area contributed by atoms with Crippen LogP contribution in [0.5, 0.6) is 0 Å². The van der Waals surface area contributed by atoms with Crippen LogP contribution in [-0.4, -0.2) is 39.8 Å². The number of rotatable bonds is 8. The molecule has 0 saturated carbocycles. The first kappa shape index (κ1) is 23.8. The van der Waals surface area contributed by atoms with Gasteiger partial charge in [-0.25, -0.2) is 0 Å². The normalized spacial score (nSPS) is 15.3. The summed E-state index contributed by atoms with van der Waals surface area (Å²) >= 11 is -2.16. The molecule has 2 N–H and O–H groups in total. The van der Waals surface area contributed by atoms with E-state index < -0.39 is 21.3 Å². The summed E-state index contributed by atoms with van der Waals surface area (Å²) in [5, 5.41) is 18.0. The fourth-order valence-corrected chi connectivity index (χ4v) is 10.2. The maximum Gasteiger partial charge on any atom is -0.147 e. The van der Waals surface area contributed by atoms with Crippen LogP contribution in [0.25, 0.3) is 0 Å². The van der Waals surface area contributed by atoms with E-state index in [-0.39, 0.29) is 38.0 Å². The van der Waals surface area contributed by atoms with Gasteiger partial charge in [0.05, 0.1) is 0 Å². The molecule has 0 aromatic rings. The van der Waals surface area contributed by atoms with Crippen molar-refractivity contribution in [2.75, 3.05) is 26.4 Å². The molecule has 0 fully saturated rings. The van der Waals surface area contributed by atoms with Crippen LogP contribution in [0.2, 0.25) is 0 Å². The minimum atomic E-state index is -2.16. The first-order chi connectivity index (χ1) is 10.7. The zero-order valence-electron chi connectivity index (χ0n) is 14.1. The van der Waals surface area contributed by atoms with Crippen molar-refractivity contribution >= 4 is 28.0 Å².